The topological polar surface area (TPSA) is 46.5 Å². The Kier molecular flexibility index (Phi) is 17.9. The second-order valence-electron chi connectivity index (χ2n) is 6.69. The van der Waals surface area contributed by atoms with E-state index in [1.54, 1.807) is 6.92 Å². The van der Waals surface area contributed by atoms with Crippen molar-refractivity contribution in [3.05, 3.63) is 12.2 Å². The number of aliphatic hydroxyl groups excluding tert-OH is 1. The molecule has 0 saturated carbocycles. The Morgan fingerprint density at radius 1 is 0.833 bits per heavy atom. The van der Waals surface area contributed by atoms with E-state index in [2.05, 4.69) is 19.1 Å². The monoisotopic (exact) mass is 340 g/mol. The fraction of sp³-hybridized carbons (Fsp3) is 0.857. The minimum atomic E-state index is -0.930. The lowest BCUT2D eigenvalue weighted by Crippen LogP contribution is -2.16. The highest BCUT2D eigenvalue weighted by atomic mass is 16.6. The summed E-state index contributed by atoms with van der Waals surface area (Å²) in [6.45, 7) is 4.05. The molecule has 3 heteroatoms. The van der Waals surface area contributed by atoms with E-state index in [1.807, 2.05) is 0 Å². The second-order valence-corrected chi connectivity index (χ2v) is 6.69. The van der Waals surface area contributed by atoms with E-state index in [9.17, 15) is 9.90 Å². The summed E-state index contributed by atoms with van der Waals surface area (Å²) >= 11 is 0. The summed E-state index contributed by atoms with van der Waals surface area (Å²) in [4.78, 5) is 11.4. The molecule has 0 saturated heterocycles. The van der Waals surface area contributed by atoms with E-state index in [-0.39, 0.29) is 5.97 Å². The van der Waals surface area contributed by atoms with E-state index in [4.69, 9.17) is 4.74 Å². The minimum Gasteiger partial charge on any atom is -0.436 e. The molecule has 0 fully saturated rings. The molecule has 0 heterocycles. The summed E-state index contributed by atoms with van der Waals surface area (Å²) in [7, 11) is 0. The van der Waals surface area contributed by atoms with Gasteiger partial charge >= 0.3 is 5.97 Å². The van der Waals surface area contributed by atoms with E-state index < -0.39 is 6.29 Å². The zero-order chi connectivity index (χ0) is 17.9. The van der Waals surface area contributed by atoms with Crippen LogP contribution in [0.1, 0.15) is 110 Å². The molecule has 142 valence electrons. The number of ether oxygens (including phenoxy) is 1. The van der Waals surface area contributed by atoms with E-state index in [1.165, 1.54) is 70.6 Å². The fourth-order valence-electron chi connectivity index (χ4n) is 2.63. The Bertz CT molecular complexity index is 299. The van der Waals surface area contributed by atoms with Gasteiger partial charge in [0.05, 0.1) is 0 Å². The van der Waals surface area contributed by atoms with E-state index in [0.717, 1.165) is 12.8 Å². The zero-order valence-corrected chi connectivity index (χ0v) is 16.1. The average Bonchev–Trinajstić information content (AvgIpc) is 2.58. The number of allylic oxidation sites excluding steroid dienone is 2. The van der Waals surface area contributed by atoms with Gasteiger partial charge in [-0.2, -0.15) is 0 Å². The van der Waals surface area contributed by atoms with Crippen LogP contribution in [0.25, 0.3) is 0 Å². The second kappa shape index (κ2) is 18.5. The van der Waals surface area contributed by atoms with Crippen molar-refractivity contribution < 1.29 is 14.6 Å². The maximum Gasteiger partial charge on any atom is 0.308 e. The predicted molar refractivity (Wildman–Crippen MR) is 102 cm³/mol. The van der Waals surface area contributed by atoms with Crippen molar-refractivity contribution >= 4 is 5.97 Å². The number of carbonyl (C=O) groups is 1. The first kappa shape index (κ1) is 23.2. The molecule has 3 nitrogen and oxygen atoms in total. The van der Waals surface area contributed by atoms with Crippen molar-refractivity contribution in [3.8, 4) is 0 Å². The molecular weight excluding hydrogens is 300 g/mol. The van der Waals surface area contributed by atoms with Gasteiger partial charge in [-0.1, -0.05) is 77.4 Å². The molecule has 1 atom stereocenters. The largest absolute Gasteiger partial charge is 0.436 e. The summed E-state index contributed by atoms with van der Waals surface area (Å²) < 4.78 is 4.83. The Morgan fingerprint density at radius 3 is 1.88 bits per heavy atom. The highest BCUT2D eigenvalue weighted by molar-refractivity contribution is 5.69. The number of aliphatic hydroxyl groups is 1. The molecule has 0 rings (SSSR count). The molecule has 0 aromatic heterocycles. The Balaban J connectivity index is 3.22. The van der Waals surface area contributed by atoms with Crippen LogP contribution in [-0.2, 0) is 9.53 Å². The molecule has 0 spiro atoms. The number of esters is 1. The van der Waals surface area contributed by atoms with Crippen LogP contribution in [-0.4, -0.2) is 17.4 Å². The van der Waals surface area contributed by atoms with Crippen LogP contribution in [0.4, 0.5) is 0 Å². The third-order valence-corrected chi connectivity index (χ3v) is 4.26. The summed E-state index contributed by atoms with van der Waals surface area (Å²) in [6, 6.07) is 0. The molecule has 0 aromatic rings. The van der Waals surface area contributed by atoms with Crippen LogP contribution in [0.2, 0.25) is 0 Å². The molecule has 0 aliphatic carbocycles. The molecule has 0 aromatic carbocycles. The first-order chi connectivity index (χ1) is 11.7. The molecule has 0 aliphatic heterocycles. The Hall–Kier alpha value is -0.830. The van der Waals surface area contributed by atoms with Gasteiger partial charge in [0, 0.05) is 12.8 Å². The third-order valence-electron chi connectivity index (χ3n) is 4.26. The SMILES string of the molecule is CCCCCCCCC=CCCCCCCCC(=O)OC(O)CC. The van der Waals surface area contributed by atoms with Crippen LogP contribution >= 0.6 is 0 Å². The van der Waals surface area contributed by atoms with Gasteiger partial charge in [0.25, 0.3) is 0 Å². The van der Waals surface area contributed by atoms with Gasteiger partial charge < -0.3 is 9.84 Å². The first-order valence-corrected chi connectivity index (χ1v) is 10.2. The maximum absolute atomic E-state index is 11.4. The highest BCUT2D eigenvalue weighted by Gasteiger charge is 2.07. The van der Waals surface area contributed by atoms with Crippen LogP contribution < -0.4 is 0 Å². The van der Waals surface area contributed by atoms with Crippen molar-refractivity contribution in [1.29, 1.82) is 0 Å². The van der Waals surface area contributed by atoms with Gasteiger partial charge in [0.1, 0.15) is 0 Å². The molecule has 0 bridgehead atoms. The van der Waals surface area contributed by atoms with Gasteiger partial charge in [-0.05, 0) is 32.1 Å². The number of rotatable bonds is 17. The number of hydrogen-bond donors (Lipinski definition) is 1. The normalized spacial score (nSPS) is 12.6. The molecule has 0 amide bonds. The smallest absolute Gasteiger partial charge is 0.308 e. The lowest BCUT2D eigenvalue weighted by atomic mass is 10.1. The third kappa shape index (κ3) is 17.5. The lowest BCUT2D eigenvalue weighted by molar-refractivity contribution is -0.168. The quantitative estimate of drug-likeness (QED) is 0.146. The first-order valence-electron chi connectivity index (χ1n) is 10.2. The van der Waals surface area contributed by atoms with Crippen LogP contribution in [0.3, 0.4) is 0 Å². The molecule has 0 radical (unpaired) electrons. The molecular formula is C21H40O3. The van der Waals surface area contributed by atoms with Gasteiger partial charge in [-0.25, -0.2) is 0 Å². The zero-order valence-electron chi connectivity index (χ0n) is 16.1. The molecule has 1 unspecified atom stereocenters. The lowest BCUT2D eigenvalue weighted by Gasteiger charge is -2.09. The number of unbranched alkanes of at least 4 members (excludes halogenated alkanes) is 11. The molecule has 1 N–H and O–H groups in total. The average molecular weight is 341 g/mol. The van der Waals surface area contributed by atoms with Crippen LogP contribution in [0.15, 0.2) is 12.2 Å². The van der Waals surface area contributed by atoms with Crippen LogP contribution in [0.5, 0.6) is 0 Å². The Labute approximate surface area is 149 Å². The fourth-order valence-corrected chi connectivity index (χ4v) is 2.63. The van der Waals surface area contributed by atoms with Gasteiger partial charge in [0.15, 0.2) is 6.29 Å². The molecule has 24 heavy (non-hydrogen) atoms. The van der Waals surface area contributed by atoms with Crippen molar-refractivity contribution in [3.63, 3.8) is 0 Å². The molecule has 0 aliphatic rings. The van der Waals surface area contributed by atoms with Crippen molar-refractivity contribution in [2.24, 2.45) is 0 Å². The standard InChI is InChI=1S/C21H40O3/c1-3-5-6-7-8-9-10-11-12-13-14-15-16-17-18-19-21(23)24-20(22)4-2/h11-12,20,22H,3-10,13-19H2,1-2H3. The summed E-state index contributed by atoms with van der Waals surface area (Å²) in [5.41, 5.74) is 0. The summed E-state index contributed by atoms with van der Waals surface area (Å²) in [5, 5.41) is 9.20. The van der Waals surface area contributed by atoms with E-state index >= 15 is 0 Å². The van der Waals surface area contributed by atoms with E-state index in [0.29, 0.717) is 12.8 Å². The minimum absolute atomic E-state index is 0.276. The van der Waals surface area contributed by atoms with Gasteiger partial charge in [-0.3, -0.25) is 4.79 Å². The van der Waals surface area contributed by atoms with Gasteiger partial charge in [-0.15, -0.1) is 0 Å². The number of hydrogen-bond acceptors (Lipinski definition) is 3. The van der Waals surface area contributed by atoms with Gasteiger partial charge in [0.2, 0.25) is 0 Å². The summed E-state index contributed by atoms with van der Waals surface area (Å²) in [6.07, 6.45) is 20.8. The maximum atomic E-state index is 11.4. The highest BCUT2D eigenvalue weighted by Crippen LogP contribution is 2.10. The Morgan fingerprint density at radius 2 is 1.33 bits per heavy atom. The van der Waals surface area contributed by atoms with Crippen molar-refractivity contribution in [1.82, 2.24) is 0 Å². The predicted octanol–water partition coefficient (Wildman–Crippen LogP) is 6.30. The summed E-state index contributed by atoms with van der Waals surface area (Å²) in [5.74, 6) is -0.276. The van der Waals surface area contributed by atoms with Crippen LogP contribution in [0, 0.1) is 0 Å². The van der Waals surface area contributed by atoms with Crippen molar-refractivity contribution in [2.75, 3.05) is 0 Å². The number of carbonyl (C=O) groups excluding carboxylic acids is 1. The van der Waals surface area contributed by atoms with Crippen molar-refractivity contribution in [2.45, 2.75) is 116 Å².